The molecule has 7 nitrogen and oxygen atoms in total. The van der Waals surface area contributed by atoms with Gasteiger partial charge in [-0.3, -0.25) is 4.79 Å². The summed E-state index contributed by atoms with van der Waals surface area (Å²) in [6, 6.07) is 0.982. The molecule has 0 aromatic carbocycles. The Kier molecular flexibility index (Phi) is 6.07. The predicted octanol–water partition coefficient (Wildman–Crippen LogP) is 2.49. The van der Waals surface area contributed by atoms with Gasteiger partial charge in [-0.25, -0.2) is 4.79 Å². The second-order valence-electron chi connectivity index (χ2n) is 9.72. The van der Waals surface area contributed by atoms with E-state index in [9.17, 15) is 9.59 Å². The number of amides is 2. The average molecular weight is 408 g/mol. The molecule has 0 bridgehead atoms. The van der Waals surface area contributed by atoms with Gasteiger partial charge >= 0.3 is 6.09 Å². The Morgan fingerprint density at radius 1 is 1.17 bits per heavy atom. The number of methoxy groups -OCH3 is 1. The Morgan fingerprint density at radius 3 is 2.45 bits per heavy atom. The maximum atomic E-state index is 12.0. The van der Waals surface area contributed by atoms with Crippen LogP contribution in [0.25, 0.3) is 0 Å². The summed E-state index contributed by atoms with van der Waals surface area (Å²) < 4.78 is 10.9. The van der Waals surface area contributed by atoms with E-state index < -0.39 is 0 Å². The first-order valence-electron chi connectivity index (χ1n) is 11.4. The number of carbonyl (C=O) groups is 2. The summed E-state index contributed by atoms with van der Waals surface area (Å²) in [4.78, 5) is 30.2. The van der Waals surface area contributed by atoms with Gasteiger partial charge in [0.1, 0.15) is 0 Å². The Bertz CT molecular complexity index is 589. The highest BCUT2D eigenvalue weighted by atomic mass is 16.6. The van der Waals surface area contributed by atoms with E-state index >= 15 is 0 Å². The lowest BCUT2D eigenvalue weighted by atomic mass is 9.64. The summed E-state index contributed by atoms with van der Waals surface area (Å²) in [6.45, 7) is 6.88. The Morgan fingerprint density at radius 2 is 1.90 bits per heavy atom. The van der Waals surface area contributed by atoms with Crippen LogP contribution in [0, 0.1) is 5.41 Å². The number of likely N-dealkylation sites (tertiary alicyclic amines) is 2. The molecule has 164 valence electrons. The van der Waals surface area contributed by atoms with Crippen LogP contribution in [0.15, 0.2) is 0 Å². The molecule has 29 heavy (non-hydrogen) atoms. The lowest BCUT2D eigenvalue weighted by Gasteiger charge is -2.52. The quantitative estimate of drug-likeness (QED) is 0.607. The molecule has 7 heteroatoms. The van der Waals surface area contributed by atoms with Gasteiger partial charge in [-0.1, -0.05) is 0 Å². The topological polar surface area (TPSA) is 62.3 Å². The van der Waals surface area contributed by atoms with Crippen molar-refractivity contribution < 1.29 is 19.1 Å². The highest BCUT2D eigenvalue weighted by Gasteiger charge is 2.51. The fraction of sp³-hybridized carbons (Fsp3) is 0.909. The summed E-state index contributed by atoms with van der Waals surface area (Å²) in [6.07, 6.45) is 9.83. The Labute approximate surface area is 174 Å². The third-order valence-corrected chi connectivity index (χ3v) is 8.09. The molecule has 0 aromatic rings. The molecule has 0 aromatic heterocycles. The van der Waals surface area contributed by atoms with Crippen LogP contribution < -0.4 is 0 Å². The van der Waals surface area contributed by atoms with Crippen LogP contribution in [0.4, 0.5) is 4.79 Å². The maximum absolute atomic E-state index is 12.0. The highest BCUT2D eigenvalue weighted by molar-refractivity contribution is 5.68. The third kappa shape index (κ3) is 4.13. The standard InChI is InChI=1S/C22H37N3O4/c1-3-29-20(27)24-12-9-21(15-24)13-19(14-21)23-10-5-18(6-11-23)25(17-26)16-22(28-2)7-4-8-22/h17-19H,3-16H2,1-2H3. The first-order valence-corrected chi connectivity index (χ1v) is 11.4. The molecule has 4 rings (SSSR count). The van der Waals surface area contributed by atoms with Gasteiger partial charge in [-0.05, 0) is 63.7 Å². The minimum atomic E-state index is -0.150. The van der Waals surface area contributed by atoms with Crippen LogP contribution in [0.3, 0.4) is 0 Å². The first-order chi connectivity index (χ1) is 14.0. The molecule has 4 fully saturated rings. The fourth-order valence-electron chi connectivity index (χ4n) is 6.00. The predicted molar refractivity (Wildman–Crippen MR) is 110 cm³/mol. The van der Waals surface area contributed by atoms with Crippen LogP contribution >= 0.6 is 0 Å². The van der Waals surface area contributed by atoms with Crippen LogP contribution in [-0.4, -0.2) is 91.3 Å². The monoisotopic (exact) mass is 407 g/mol. The molecule has 2 amide bonds. The van der Waals surface area contributed by atoms with Crippen molar-refractivity contribution >= 4 is 12.5 Å². The zero-order chi connectivity index (χ0) is 20.5. The number of nitrogens with zero attached hydrogens (tertiary/aromatic N) is 3. The van der Waals surface area contributed by atoms with Crippen LogP contribution in [0.2, 0.25) is 0 Å². The smallest absolute Gasteiger partial charge is 0.409 e. The van der Waals surface area contributed by atoms with Crippen LogP contribution in [-0.2, 0) is 14.3 Å². The number of rotatable bonds is 7. The van der Waals surface area contributed by atoms with E-state index in [0.717, 1.165) is 71.2 Å². The van der Waals surface area contributed by atoms with Crippen molar-refractivity contribution in [3.8, 4) is 0 Å². The van der Waals surface area contributed by atoms with E-state index in [4.69, 9.17) is 9.47 Å². The lowest BCUT2D eigenvalue weighted by Crippen LogP contribution is -2.57. The molecule has 2 heterocycles. The minimum absolute atomic E-state index is 0.0916. The van der Waals surface area contributed by atoms with E-state index in [1.165, 1.54) is 19.3 Å². The summed E-state index contributed by atoms with van der Waals surface area (Å²) >= 11 is 0. The van der Waals surface area contributed by atoms with Crippen molar-refractivity contribution in [3.63, 3.8) is 0 Å². The molecule has 0 atom stereocenters. The van der Waals surface area contributed by atoms with Gasteiger partial charge in [0, 0.05) is 51.9 Å². The van der Waals surface area contributed by atoms with Gasteiger partial charge in [0.15, 0.2) is 0 Å². The second-order valence-corrected chi connectivity index (χ2v) is 9.72. The number of piperidine rings is 1. The summed E-state index contributed by atoms with van der Waals surface area (Å²) in [5.74, 6) is 0. The Hall–Kier alpha value is -1.34. The molecule has 2 saturated carbocycles. The van der Waals surface area contributed by atoms with E-state index in [0.29, 0.717) is 24.1 Å². The van der Waals surface area contributed by atoms with Crippen LogP contribution in [0.5, 0.6) is 0 Å². The summed E-state index contributed by atoms with van der Waals surface area (Å²) in [5.41, 5.74) is 0.226. The molecule has 1 spiro atoms. The zero-order valence-electron chi connectivity index (χ0n) is 18.1. The first kappa shape index (κ1) is 20.9. The van der Waals surface area contributed by atoms with E-state index in [1.807, 2.05) is 16.7 Å². The second kappa shape index (κ2) is 8.42. The summed E-state index contributed by atoms with van der Waals surface area (Å²) in [5, 5.41) is 0. The number of hydrogen-bond donors (Lipinski definition) is 0. The van der Waals surface area contributed by atoms with Crippen molar-refractivity contribution in [2.45, 2.75) is 76.0 Å². The van der Waals surface area contributed by atoms with E-state index in [2.05, 4.69) is 4.90 Å². The molecular formula is C22H37N3O4. The number of ether oxygens (including phenoxy) is 2. The van der Waals surface area contributed by atoms with Gasteiger partial charge < -0.3 is 24.2 Å². The van der Waals surface area contributed by atoms with Crippen molar-refractivity contribution in [2.24, 2.45) is 5.41 Å². The normalized spacial score (nSPS) is 31.9. The molecule has 2 aliphatic heterocycles. The van der Waals surface area contributed by atoms with Gasteiger partial charge in [0.2, 0.25) is 6.41 Å². The number of carbonyl (C=O) groups excluding carboxylic acids is 2. The zero-order valence-corrected chi connectivity index (χ0v) is 18.1. The highest BCUT2D eigenvalue weighted by Crippen LogP contribution is 2.50. The van der Waals surface area contributed by atoms with Gasteiger partial charge in [0.25, 0.3) is 0 Å². The van der Waals surface area contributed by atoms with Crippen molar-refractivity contribution in [1.82, 2.24) is 14.7 Å². The number of hydrogen-bond acceptors (Lipinski definition) is 5. The molecule has 0 radical (unpaired) electrons. The Balaban J connectivity index is 1.22. The van der Waals surface area contributed by atoms with Gasteiger partial charge in [-0.15, -0.1) is 0 Å². The van der Waals surface area contributed by atoms with Crippen molar-refractivity contribution in [3.05, 3.63) is 0 Å². The van der Waals surface area contributed by atoms with Crippen molar-refractivity contribution in [2.75, 3.05) is 46.4 Å². The SMILES string of the molecule is CCOC(=O)N1CCC2(CC(N3CCC(N(C=O)CC4(OC)CCC4)CC3)C2)C1. The largest absolute Gasteiger partial charge is 0.450 e. The fourth-order valence-corrected chi connectivity index (χ4v) is 6.00. The molecule has 0 N–H and O–H groups in total. The molecule has 2 saturated heterocycles. The average Bonchev–Trinajstić information content (AvgIpc) is 3.13. The molecule has 0 unspecified atom stereocenters. The third-order valence-electron chi connectivity index (χ3n) is 8.09. The molecule has 2 aliphatic carbocycles. The minimum Gasteiger partial charge on any atom is -0.450 e. The lowest BCUT2D eigenvalue weighted by molar-refractivity contribution is -0.135. The van der Waals surface area contributed by atoms with Crippen molar-refractivity contribution in [1.29, 1.82) is 0 Å². The van der Waals surface area contributed by atoms with Crippen LogP contribution in [0.1, 0.15) is 58.3 Å². The van der Waals surface area contributed by atoms with Gasteiger partial charge in [0.05, 0.1) is 12.2 Å². The molecule has 4 aliphatic rings. The van der Waals surface area contributed by atoms with E-state index in [1.54, 1.807) is 7.11 Å². The van der Waals surface area contributed by atoms with Gasteiger partial charge in [-0.2, -0.15) is 0 Å². The summed E-state index contributed by atoms with van der Waals surface area (Å²) in [7, 11) is 1.78. The maximum Gasteiger partial charge on any atom is 0.409 e. The molecular weight excluding hydrogens is 370 g/mol. The van der Waals surface area contributed by atoms with E-state index in [-0.39, 0.29) is 11.7 Å².